The maximum atomic E-state index is 12.4. The highest BCUT2D eigenvalue weighted by molar-refractivity contribution is 5.76. The standard InChI is InChI=1S/C18H26N2O2/c1-13-7-8-15(22-13)9-10-18(21)20-11-16(17(19)12-20)14-5-3-2-4-6-14/h2-6,13,15-17H,7-12,19H2,1H3/t13?,15?,16-,17+/m0/s1. The predicted molar refractivity (Wildman–Crippen MR) is 86.5 cm³/mol. The highest BCUT2D eigenvalue weighted by Gasteiger charge is 2.34. The maximum Gasteiger partial charge on any atom is 0.222 e. The monoisotopic (exact) mass is 302 g/mol. The molecule has 0 saturated carbocycles. The Kier molecular flexibility index (Phi) is 4.79. The predicted octanol–water partition coefficient (Wildman–Crippen LogP) is 2.29. The van der Waals surface area contributed by atoms with E-state index >= 15 is 0 Å². The van der Waals surface area contributed by atoms with Gasteiger partial charge in [-0.2, -0.15) is 0 Å². The van der Waals surface area contributed by atoms with Gasteiger partial charge in [0.25, 0.3) is 0 Å². The fourth-order valence-electron chi connectivity index (χ4n) is 3.63. The number of rotatable bonds is 4. The van der Waals surface area contributed by atoms with Crippen molar-refractivity contribution in [3.8, 4) is 0 Å². The Balaban J connectivity index is 1.52. The van der Waals surface area contributed by atoms with Crippen molar-refractivity contribution >= 4 is 5.91 Å². The van der Waals surface area contributed by atoms with Gasteiger partial charge < -0.3 is 15.4 Å². The summed E-state index contributed by atoms with van der Waals surface area (Å²) >= 11 is 0. The minimum absolute atomic E-state index is 0.0362. The first-order valence-corrected chi connectivity index (χ1v) is 8.37. The van der Waals surface area contributed by atoms with Gasteiger partial charge in [-0.15, -0.1) is 0 Å². The van der Waals surface area contributed by atoms with Gasteiger partial charge in [0.15, 0.2) is 0 Å². The van der Waals surface area contributed by atoms with Gasteiger partial charge in [-0.25, -0.2) is 0 Å². The zero-order chi connectivity index (χ0) is 15.5. The number of ether oxygens (including phenoxy) is 1. The van der Waals surface area contributed by atoms with E-state index in [0.717, 1.165) is 25.8 Å². The van der Waals surface area contributed by atoms with Crippen molar-refractivity contribution < 1.29 is 9.53 Å². The lowest BCUT2D eigenvalue weighted by Gasteiger charge is -2.18. The van der Waals surface area contributed by atoms with E-state index in [1.54, 1.807) is 0 Å². The van der Waals surface area contributed by atoms with Crippen molar-refractivity contribution in [3.63, 3.8) is 0 Å². The van der Waals surface area contributed by atoms with Crippen molar-refractivity contribution in [2.24, 2.45) is 5.73 Å². The zero-order valence-electron chi connectivity index (χ0n) is 13.3. The third-order valence-corrected chi connectivity index (χ3v) is 4.95. The Morgan fingerprint density at radius 3 is 2.73 bits per heavy atom. The van der Waals surface area contributed by atoms with Gasteiger partial charge >= 0.3 is 0 Å². The molecule has 1 aromatic rings. The highest BCUT2D eigenvalue weighted by Crippen LogP contribution is 2.28. The van der Waals surface area contributed by atoms with Crippen LogP contribution in [0, 0.1) is 0 Å². The number of likely N-dealkylation sites (tertiary alicyclic amines) is 1. The molecule has 2 fully saturated rings. The lowest BCUT2D eigenvalue weighted by molar-refractivity contribution is -0.131. The number of amides is 1. The van der Waals surface area contributed by atoms with Crippen LogP contribution in [-0.4, -0.2) is 42.1 Å². The fourth-order valence-corrected chi connectivity index (χ4v) is 3.63. The third-order valence-electron chi connectivity index (χ3n) is 4.95. The first-order chi connectivity index (χ1) is 10.6. The summed E-state index contributed by atoms with van der Waals surface area (Å²) in [6, 6.07) is 10.3. The minimum atomic E-state index is 0.0362. The average Bonchev–Trinajstić information content (AvgIpc) is 3.12. The molecule has 2 heterocycles. The molecule has 1 aromatic carbocycles. The molecule has 0 spiro atoms. The van der Waals surface area contributed by atoms with Gasteiger partial charge in [-0.3, -0.25) is 4.79 Å². The van der Waals surface area contributed by atoms with Crippen molar-refractivity contribution in [1.29, 1.82) is 0 Å². The Morgan fingerprint density at radius 2 is 2.05 bits per heavy atom. The number of hydrogen-bond donors (Lipinski definition) is 1. The van der Waals surface area contributed by atoms with Gasteiger partial charge in [0.1, 0.15) is 0 Å². The van der Waals surface area contributed by atoms with Crippen LogP contribution in [0.15, 0.2) is 30.3 Å². The van der Waals surface area contributed by atoms with E-state index in [4.69, 9.17) is 10.5 Å². The fraction of sp³-hybridized carbons (Fsp3) is 0.611. The largest absolute Gasteiger partial charge is 0.375 e. The molecule has 2 aliphatic heterocycles. The van der Waals surface area contributed by atoms with E-state index < -0.39 is 0 Å². The SMILES string of the molecule is CC1CCC(CCC(=O)N2C[C@@H](N)[C@H](c3ccccc3)C2)O1. The lowest BCUT2D eigenvalue weighted by Crippen LogP contribution is -2.32. The number of carbonyl (C=O) groups excluding carboxylic acids is 1. The van der Waals surface area contributed by atoms with Crippen LogP contribution in [0.4, 0.5) is 0 Å². The van der Waals surface area contributed by atoms with E-state index in [9.17, 15) is 4.79 Å². The molecule has 22 heavy (non-hydrogen) atoms. The Labute approximate surface area is 132 Å². The van der Waals surface area contributed by atoms with Crippen molar-refractivity contribution in [1.82, 2.24) is 4.90 Å². The smallest absolute Gasteiger partial charge is 0.222 e. The van der Waals surface area contributed by atoms with Gasteiger partial charge in [-0.1, -0.05) is 30.3 Å². The van der Waals surface area contributed by atoms with Crippen molar-refractivity contribution in [2.75, 3.05) is 13.1 Å². The molecule has 4 nitrogen and oxygen atoms in total. The third kappa shape index (κ3) is 3.50. The molecular weight excluding hydrogens is 276 g/mol. The van der Waals surface area contributed by atoms with Crippen LogP contribution in [0.1, 0.15) is 44.1 Å². The second-order valence-corrected chi connectivity index (χ2v) is 6.66. The molecule has 1 amide bonds. The van der Waals surface area contributed by atoms with Gasteiger partial charge in [0, 0.05) is 31.5 Å². The number of carbonyl (C=O) groups is 1. The molecule has 0 aromatic heterocycles. The summed E-state index contributed by atoms with van der Waals surface area (Å²) in [5.41, 5.74) is 7.49. The summed E-state index contributed by atoms with van der Waals surface area (Å²) in [4.78, 5) is 14.4. The normalized spacial score (nSPS) is 31.6. The van der Waals surface area contributed by atoms with Crippen LogP contribution in [0.3, 0.4) is 0 Å². The summed E-state index contributed by atoms with van der Waals surface area (Å²) in [5, 5.41) is 0. The second kappa shape index (κ2) is 6.80. The van der Waals surface area contributed by atoms with Crippen LogP contribution in [-0.2, 0) is 9.53 Å². The summed E-state index contributed by atoms with van der Waals surface area (Å²) in [6.07, 6.45) is 4.23. The quantitative estimate of drug-likeness (QED) is 0.928. The molecule has 4 atom stereocenters. The summed E-state index contributed by atoms with van der Waals surface area (Å²) in [7, 11) is 0. The number of benzene rings is 1. The first kappa shape index (κ1) is 15.5. The van der Waals surface area contributed by atoms with Gasteiger partial charge in [0.2, 0.25) is 5.91 Å². The van der Waals surface area contributed by atoms with E-state index in [2.05, 4.69) is 19.1 Å². The van der Waals surface area contributed by atoms with Crippen LogP contribution in [0.5, 0.6) is 0 Å². The lowest BCUT2D eigenvalue weighted by atomic mass is 9.95. The second-order valence-electron chi connectivity index (χ2n) is 6.66. The first-order valence-electron chi connectivity index (χ1n) is 8.37. The average molecular weight is 302 g/mol. The molecule has 3 rings (SSSR count). The van der Waals surface area contributed by atoms with Crippen molar-refractivity contribution in [2.45, 2.75) is 56.8 Å². The summed E-state index contributed by atoms with van der Waals surface area (Å²) in [6.45, 7) is 3.51. The maximum absolute atomic E-state index is 12.4. The Bertz CT molecular complexity index is 505. The van der Waals surface area contributed by atoms with Crippen LogP contribution in [0.2, 0.25) is 0 Å². The van der Waals surface area contributed by atoms with Crippen molar-refractivity contribution in [3.05, 3.63) is 35.9 Å². The minimum Gasteiger partial charge on any atom is -0.375 e. The van der Waals surface area contributed by atoms with E-state index in [1.165, 1.54) is 5.56 Å². The molecule has 0 radical (unpaired) electrons. The topological polar surface area (TPSA) is 55.6 Å². The van der Waals surface area contributed by atoms with Crippen LogP contribution >= 0.6 is 0 Å². The molecule has 0 aliphatic carbocycles. The van der Waals surface area contributed by atoms with Crippen LogP contribution in [0.25, 0.3) is 0 Å². The van der Waals surface area contributed by atoms with Crippen LogP contribution < -0.4 is 5.73 Å². The number of hydrogen-bond acceptors (Lipinski definition) is 3. The molecular formula is C18H26N2O2. The van der Waals surface area contributed by atoms with E-state index in [1.807, 2.05) is 23.1 Å². The molecule has 2 aliphatic rings. The van der Waals surface area contributed by atoms with Gasteiger partial charge in [0.05, 0.1) is 12.2 Å². The molecule has 0 bridgehead atoms. The zero-order valence-corrected chi connectivity index (χ0v) is 13.3. The molecule has 2 N–H and O–H groups in total. The molecule has 4 heteroatoms. The molecule has 120 valence electrons. The van der Waals surface area contributed by atoms with E-state index in [0.29, 0.717) is 19.1 Å². The molecule has 2 unspecified atom stereocenters. The number of nitrogens with two attached hydrogens (primary N) is 1. The number of nitrogens with zero attached hydrogens (tertiary/aromatic N) is 1. The van der Waals surface area contributed by atoms with E-state index in [-0.39, 0.29) is 24.0 Å². The Morgan fingerprint density at radius 1 is 1.27 bits per heavy atom. The summed E-state index contributed by atoms with van der Waals surface area (Å²) in [5.74, 6) is 0.477. The van der Waals surface area contributed by atoms with Gasteiger partial charge in [-0.05, 0) is 31.7 Å². The summed E-state index contributed by atoms with van der Waals surface area (Å²) < 4.78 is 5.79. The highest BCUT2D eigenvalue weighted by atomic mass is 16.5. The molecule has 2 saturated heterocycles. The Hall–Kier alpha value is -1.39.